The van der Waals surface area contributed by atoms with Crippen LogP contribution in [0, 0.1) is 0 Å². The SMILES string of the molecule is O=C(C[C@]1(c2ccc(-c3ccc(-c4cnco4)cc3)s2)CCCCS1(=O)=O)NOC1CCCCO1. The molecule has 2 fully saturated rings. The lowest BCUT2D eigenvalue weighted by Gasteiger charge is -2.35. The number of nitrogens with zero attached hydrogens (tertiary/aromatic N) is 1. The summed E-state index contributed by atoms with van der Waals surface area (Å²) < 4.78 is 36.4. The maximum absolute atomic E-state index is 13.4. The smallest absolute Gasteiger partial charge is 0.245 e. The van der Waals surface area contributed by atoms with Crippen molar-refractivity contribution in [2.75, 3.05) is 12.4 Å². The first-order chi connectivity index (χ1) is 17.0. The lowest BCUT2D eigenvalue weighted by Crippen LogP contribution is -2.45. The fraction of sp³-hybridized carbons (Fsp3) is 0.440. The first-order valence-corrected chi connectivity index (χ1v) is 14.3. The molecule has 0 radical (unpaired) electrons. The van der Waals surface area contributed by atoms with E-state index in [9.17, 15) is 13.2 Å². The van der Waals surface area contributed by atoms with Crippen molar-refractivity contribution in [1.82, 2.24) is 10.5 Å². The van der Waals surface area contributed by atoms with Crippen LogP contribution in [0.3, 0.4) is 0 Å². The summed E-state index contributed by atoms with van der Waals surface area (Å²) in [4.78, 5) is 23.9. The van der Waals surface area contributed by atoms with Crippen LogP contribution in [0.25, 0.3) is 21.8 Å². The molecule has 8 nitrogen and oxygen atoms in total. The van der Waals surface area contributed by atoms with E-state index in [-0.39, 0.29) is 12.2 Å². The minimum absolute atomic E-state index is 0.0754. The molecule has 2 atom stereocenters. The van der Waals surface area contributed by atoms with Gasteiger partial charge in [0.1, 0.15) is 4.75 Å². The Morgan fingerprint density at radius 1 is 1.11 bits per heavy atom. The molecule has 1 amide bonds. The highest BCUT2D eigenvalue weighted by Crippen LogP contribution is 2.47. The number of carbonyl (C=O) groups excluding carboxylic acids is 1. The van der Waals surface area contributed by atoms with Crippen LogP contribution < -0.4 is 5.48 Å². The van der Waals surface area contributed by atoms with E-state index in [1.54, 1.807) is 6.20 Å². The fourth-order valence-corrected chi connectivity index (χ4v) is 8.53. The Balaban J connectivity index is 1.37. The first-order valence-electron chi connectivity index (χ1n) is 11.8. The number of hydrogen-bond acceptors (Lipinski definition) is 8. The van der Waals surface area contributed by atoms with Gasteiger partial charge in [0.2, 0.25) is 5.91 Å². The summed E-state index contributed by atoms with van der Waals surface area (Å²) in [6.07, 6.45) is 6.80. The summed E-state index contributed by atoms with van der Waals surface area (Å²) in [5.41, 5.74) is 4.33. The zero-order chi connectivity index (χ0) is 24.3. The average Bonchev–Trinajstić information content (AvgIpc) is 3.58. The molecule has 35 heavy (non-hydrogen) atoms. The van der Waals surface area contributed by atoms with Gasteiger partial charge in [0.05, 0.1) is 18.4 Å². The van der Waals surface area contributed by atoms with E-state index in [2.05, 4.69) is 10.5 Å². The van der Waals surface area contributed by atoms with E-state index >= 15 is 0 Å². The first kappa shape index (κ1) is 24.2. The number of hydrogen-bond donors (Lipinski definition) is 1. The van der Waals surface area contributed by atoms with Crippen molar-refractivity contribution in [2.24, 2.45) is 0 Å². The quantitative estimate of drug-likeness (QED) is 0.448. The highest BCUT2D eigenvalue weighted by atomic mass is 32.2. The summed E-state index contributed by atoms with van der Waals surface area (Å²) >= 11 is 1.42. The Labute approximate surface area is 208 Å². The van der Waals surface area contributed by atoms with Gasteiger partial charge in [-0.1, -0.05) is 30.7 Å². The van der Waals surface area contributed by atoms with E-state index in [1.165, 1.54) is 17.7 Å². The zero-order valence-corrected chi connectivity index (χ0v) is 20.9. The monoisotopic (exact) mass is 516 g/mol. The van der Waals surface area contributed by atoms with Gasteiger partial charge in [-0.15, -0.1) is 11.3 Å². The van der Waals surface area contributed by atoms with Crippen molar-refractivity contribution >= 4 is 27.1 Å². The molecule has 1 aromatic carbocycles. The Morgan fingerprint density at radius 3 is 2.66 bits per heavy atom. The number of ether oxygens (including phenoxy) is 1. The number of benzene rings is 1. The van der Waals surface area contributed by atoms with Crippen molar-refractivity contribution in [3.05, 3.63) is 53.9 Å². The van der Waals surface area contributed by atoms with Gasteiger partial charge in [-0.3, -0.25) is 4.79 Å². The van der Waals surface area contributed by atoms with Crippen LogP contribution in [0.2, 0.25) is 0 Å². The number of amides is 1. The van der Waals surface area contributed by atoms with Crippen molar-refractivity contribution < 1.29 is 27.2 Å². The van der Waals surface area contributed by atoms with Gasteiger partial charge in [-0.25, -0.2) is 23.7 Å². The molecule has 2 aliphatic rings. The third kappa shape index (κ3) is 5.06. The zero-order valence-electron chi connectivity index (χ0n) is 19.3. The summed E-state index contributed by atoms with van der Waals surface area (Å²) in [5.74, 6) is 0.310. The highest BCUT2D eigenvalue weighted by Gasteiger charge is 2.49. The molecule has 1 N–H and O–H groups in total. The lowest BCUT2D eigenvalue weighted by molar-refractivity contribution is -0.200. The summed E-state index contributed by atoms with van der Waals surface area (Å²) in [7, 11) is -3.54. The molecule has 5 rings (SSSR count). The molecule has 10 heteroatoms. The van der Waals surface area contributed by atoms with Crippen LogP contribution in [-0.4, -0.2) is 38.0 Å². The second-order valence-electron chi connectivity index (χ2n) is 8.99. The number of oxazole rings is 1. The van der Waals surface area contributed by atoms with Gasteiger partial charge >= 0.3 is 0 Å². The number of thiophene rings is 1. The van der Waals surface area contributed by atoms with E-state index in [0.29, 0.717) is 36.5 Å². The van der Waals surface area contributed by atoms with Gasteiger partial charge in [0.15, 0.2) is 28.3 Å². The van der Waals surface area contributed by atoms with Gasteiger partial charge in [-0.05, 0) is 43.4 Å². The van der Waals surface area contributed by atoms with E-state index in [0.717, 1.165) is 35.3 Å². The van der Waals surface area contributed by atoms with Crippen molar-refractivity contribution in [1.29, 1.82) is 0 Å². The molecular weight excluding hydrogens is 488 g/mol. The Bertz CT molecular complexity index is 1250. The summed E-state index contributed by atoms with van der Waals surface area (Å²) in [6, 6.07) is 11.6. The second kappa shape index (κ2) is 10.2. The topological polar surface area (TPSA) is 108 Å². The minimum Gasteiger partial charge on any atom is -0.444 e. The van der Waals surface area contributed by atoms with Gasteiger partial charge in [-0.2, -0.15) is 0 Å². The van der Waals surface area contributed by atoms with Crippen LogP contribution in [0.1, 0.15) is 49.8 Å². The molecule has 0 bridgehead atoms. The van der Waals surface area contributed by atoms with Crippen LogP contribution in [0.4, 0.5) is 0 Å². The molecule has 0 saturated carbocycles. The van der Waals surface area contributed by atoms with Crippen molar-refractivity contribution in [2.45, 2.75) is 56.0 Å². The number of rotatable bonds is 7. The third-order valence-electron chi connectivity index (χ3n) is 6.67. The lowest BCUT2D eigenvalue weighted by atomic mass is 9.94. The predicted molar refractivity (Wildman–Crippen MR) is 132 cm³/mol. The average molecular weight is 517 g/mol. The maximum Gasteiger partial charge on any atom is 0.245 e. The standard InChI is InChI=1S/C25H28N2O6S2/c28-23(27-33-24-5-1-3-13-31-24)15-25(12-2-4-14-35(25,29)30)22-11-10-21(34-22)19-8-6-18(7-9-19)20-16-26-17-32-20/h6-11,16-17,24H,1-5,12-15H2,(H,27,28)/t24?,25-/m0/s1. The highest BCUT2D eigenvalue weighted by molar-refractivity contribution is 7.92. The summed E-state index contributed by atoms with van der Waals surface area (Å²) in [6.45, 7) is 0.593. The molecule has 4 heterocycles. The van der Waals surface area contributed by atoms with E-state index in [4.69, 9.17) is 14.0 Å². The van der Waals surface area contributed by atoms with Gasteiger partial charge in [0, 0.05) is 28.3 Å². The molecule has 2 aliphatic heterocycles. The maximum atomic E-state index is 13.4. The Kier molecular flexibility index (Phi) is 7.06. The molecule has 186 valence electrons. The van der Waals surface area contributed by atoms with E-state index < -0.39 is 26.8 Å². The predicted octanol–water partition coefficient (Wildman–Crippen LogP) is 4.83. The fourth-order valence-electron chi connectivity index (χ4n) is 4.74. The number of aromatic nitrogens is 1. The Hall–Kier alpha value is -2.53. The van der Waals surface area contributed by atoms with E-state index in [1.807, 2.05) is 36.4 Å². The molecule has 0 spiro atoms. The third-order valence-corrected chi connectivity index (χ3v) is 10.7. The van der Waals surface area contributed by atoms with Crippen LogP contribution >= 0.6 is 11.3 Å². The van der Waals surface area contributed by atoms with Crippen LogP contribution in [0.15, 0.2) is 53.4 Å². The number of sulfone groups is 1. The van der Waals surface area contributed by atoms with Gasteiger partial charge < -0.3 is 9.15 Å². The van der Waals surface area contributed by atoms with Gasteiger partial charge in [0.25, 0.3) is 0 Å². The minimum atomic E-state index is -3.54. The van der Waals surface area contributed by atoms with Crippen molar-refractivity contribution in [3.63, 3.8) is 0 Å². The molecule has 2 saturated heterocycles. The number of hydroxylamine groups is 1. The normalized spacial score (nSPS) is 24.2. The number of nitrogens with one attached hydrogen (secondary N) is 1. The summed E-state index contributed by atoms with van der Waals surface area (Å²) in [5, 5.41) is 0. The van der Waals surface area contributed by atoms with Crippen LogP contribution in [0.5, 0.6) is 0 Å². The number of carbonyl (C=O) groups is 1. The largest absolute Gasteiger partial charge is 0.444 e. The second-order valence-corrected chi connectivity index (χ2v) is 12.5. The van der Waals surface area contributed by atoms with Crippen molar-refractivity contribution in [3.8, 4) is 21.8 Å². The molecule has 1 unspecified atom stereocenters. The molecule has 3 aromatic rings. The molecule has 0 aliphatic carbocycles. The van der Waals surface area contributed by atoms with Crippen LogP contribution in [-0.2, 0) is 29.0 Å². The molecular formula is C25H28N2O6S2. The molecule has 2 aromatic heterocycles. The Morgan fingerprint density at radius 2 is 1.94 bits per heavy atom.